The van der Waals surface area contributed by atoms with E-state index in [1.807, 2.05) is 0 Å². The molecule has 1 aliphatic carbocycles. The van der Waals surface area contributed by atoms with Crippen molar-refractivity contribution in [3.8, 4) is 0 Å². The van der Waals surface area contributed by atoms with E-state index >= 15 is 0 Å². The molecule has 1 atom stereocenters. The van der Waals surface area contributed by atoms with E-state index in [0.717, 1.165) is 45.1 Å². The van der Waals surface area contributed by atoms with Crippen LogP contribution in [0.15, 0.2) is 0 Å². The van der Waals surface area contributed by atoms with E-state index in [1.54, 1.807) is 0 Å². The Morgan fingerprint density at radius 1 is 1.05 bits per heavy atom. The van der Waals surface area contributed by atoms with E-state index < -0.39 is 0 Å². The van der Waals surface area contributed by atoms with Gasteiger partial charge in [-0.2, -0.15) is 0 Å². The summed E-state index contributed by atoms with van der Waals surface area (Å²) in [6, 6.07) is 0.860. The van der Waals surface area contributed by atoms with Gasteiger partial charge in [-0.05, 0) is 51.0 Å². The fraction of sp³-hybridized carbons (Fsp3) is 0.941. The van der Waals surface area contributed by atoms with Crippen molar-refractivity contribution < 1.29 is 4.79 Å². The maximum absolute atomic E-state index is 12.8. The predicted molar refractivity (Wildman–Crippen MR) is 85.2 cm³/mol. The topological polar surface area (TPSA) is 35.6 Å². The number of nitrogens with one attached hydrogen (secondary N) is 1. The molecule has 120 valence electrons. The molecule has 3 aliphatic rings. The first-order chi connectivity index (χ1) is 10.3. The number of piperazine rings is 1. The molecule has 4 heteroatoms. The Morgan fingerprint density at radius 2 is 1.76 bits per heavy atom. The van der Waals surface area contributed by atoms with Gasteiger partial charge in [0, 0.05) is 32.2 Å². The van der Waals surface area contributed by atoms with Crippen LogP contribution in [0.2, 0.25) is 0 Å². The van der Waals surface area contributed by atoms with Gasteiger partial charge in [-0.3, -0.25) is 9.69 Å². The van der Waals surface area contributed by atoms with Gasteiger partial charge in [0.15, 0.2) is 0 Å². The molecule has 1 amide bonds. The Bertz CT molecular complexity index is 346. The Balaban J connectivity index is 1.58. The lowest BCUT2D eigenvalue weighted by Crippen LogP contribution is -2.54. The molecule has 0 aromatic heterocycles. The number of amides is 1. The highest BCUT2D eigenvalue weighted by Crippen LogP contribution is 2.33. The van der Waals surface area contributed by atoms with Crippen LogP contribution in [0.1, 0.15) is 51.9 Å². The van der Waals surface area contributed by atoms with E-state index in [-0.39, 0.29) is 6.04 Å². The van der Waals surface area contributed by atoms with Gasteiger partial charge >= 0.3 is 0 Å². The monoisotopic (exact) mass is 293 g/mol. The maximum Gasteiger partial charge on any atom is 0.240 e. The van der Waals surface area contributed by atoms with E-state index in [0.29, 0.717) is 11.9 Å². The molecule has 21 heavy (non-hydrogen) atoms. The molecule has 2 saturated heterocycles. The van der Waals surface area contributed by atoms with Crippen LogP contribution < -0.4 is 5.32 Å². The number of nitrogens with zero attached hydrogens (tertiary/aromatic N) is 2. The SMILES string of the molecule is CCC1CCC(N2CCCC2C(=O)N2CCNCC2)CC1. The third-order valence-electron chi connectivity index (χ3n) is 5.87. The summed E-state index contributed by atoms with van der Waals surface area (Å²) in [6.45, 7) is 7.17. The van der Waals surface area contributed by atoms with Crippen molar-refractivity contribution in [3.05, 3.63) is 0 Å². The van der Waals surface area contributed by atoms with Gasteiger partial charge < -0.3 is 10.2 Å². The highest BCUT2D eigenvalue weighted by Gasteiger charge is 2.38. The summed E-state index contributed by atoms with van der Waals surface area (Å²) in [5, 5.41) is 3.34. The first kappa shape index (κ1) is 15.3. The van der Waals surface area contributed by atoms with Gasteiger partial charge in [-0.1, -0.05) is 13.3 Å². The highest BCUT2D eigenvalue weighted by molar-refractivity contribution is 5.82. The van der Waals surface area contributed by atoms with Crippen LogP contribution in [0, 0.1) is 5.92 Å². The average molecular weight is 293 g/mol. The van der Waals surface area contributed by atoms with Gasteiger partial charge in [-0.25, -0.2) is 0 Å². The van der Waals surface area contributed by atoms with Gasteiger partial charge in [0.05, 0.1) is 6.04 Å². The van der Waals surface area contributed by atoms with Crippen LogP contribution in [0.25, 0.3) is 0 Å². The van der Waals surface area contributed by atoms with Crippen molar-refractivity contribution in [3.63, 3.8) is 0 Å². The lowest BCUT2D eigenvalue weighted by molar-refractivity contribution is -0.137. The smallest absolute Gasteiger partial charge is 0.240 e. The number of carbonyl (C=O) groups excluding carboxylic acids is 1. The van der Waals surface area contributed by atoms with Crippen molar-refractivity contribution >= 4 is 5.91 Å². The van der Waals surface area contributed by atoms with Crippen molar-refractivity contribution in [1.82, 2.24) is 15.1 Å². The van der Waals surface area contributed by atoms with Crippen LogP contribution in [-0.4, -0.2) is 60.5 Å². The second kappa shape index (κ2) is 7.10. The van der Waals surface area contributed by atoms with Crippen molar-refractivity contribution in [2.24, 2.45) is 5.92 Å². The molecule has 4 nitrogen and oxygen atoms in total. The molecule has 1 saturated carbocycles. The zero-order valence-electron chi connectivity index (χ0n) is 13.5. The second-order valence-corrected chi connectivity index (χ2v) is 7.05. The average Bonchev–Trinajstić information content (AvgIpc) is 3.04. The lowest BCUT2D eigenvalue weighted by atomic mass is 9.83. The largest absolute Gasteiger partial charge is 0.339 e. The van der Waals surface area contributed by atoms with E-state index in [1.165, 1.54) is 38.5 Å². The first-order valence-electron chi connectivity index (χ1n) is 9.05. The summed E-state index contributed by atoms with van der Waals surface area (Å²) in [4.78, 5) is 17.5. The Morgan fingerprint density at radius 3 is 2.43 bits per heavy atom. The molecule has 1 N–H and O–H groups in total. The molecule has 2 aliphatic heterocycles. The van der Waals surface area contributed by atoms with Crippen LogP contribution in [-0.2, 0) is 4.79 Å². The van der Waals surface area contributed by atoms with Gasteiger partial charge in [0.25, 0.3) is 0 Å². The zero-order chi connectivity index (χ0) is 14.7. The van der Waals surface area contributed by atoms with E-state index in [9.17, 15) is 4.79 Å². The Labute approximate surface area is 129 Å². The van der Waals surface area contributed by atoms with Crippen molar-refractivity contribution in [2.75, 3.05) is 32.7 Å². The molecular formula is C17H31N3O. The lowest BCUT2D eigenvalue weighted by Gasteiger charge is -2.39. The van der Waals surface area contributed by atoms with Crippen molar-refractivity contribution in [1.29, 1.82) is 0 Å². The van der Waals surface area contributed by atoms with E-state index in [2.05, 4.69) is 22.0 Å². The molecule has 0 bridgehead atoms. The third-order valence-corrected chi connectivity index (χ3v) is 5.87. The number of rotatable bonds is 3. The number of hydrogen-bond acceptors (Lipinski definition) is 3. The summed E-state index contributed by atoms with van der Waals surface area (Å²) in [7, 11) is 0. The summed E-state index contributed by atoms with van der Waals surface area (Å²) < 4.78 is 0. The predicted octanol–water partition coefficient (Wildman–Crippen LogP) is 1.85. The van der Waals surface area contributed by atoms with Crippen LogP contribution >= 0.6 is 0 Å². The highest BCUT2D eigenvalue weighted by atomic mass is 16.2. The summed E-state index contributed by atoms with van der Waals surface area (Å²) in [6.07, 6.45) is 8.97. The Kier molecular flexibility index (Phi) is 5.17. The van der Waals surface area contributed by atoms with Crippen LogP contribution in [0.4, 0.5) is 0 Å². The fourth-order valence-corrected chi connectivity index (χ4v) is 4.47. The number of likely N-dealkylation sites (tertiary alicyclic amines) is 1. The molecule has 1 unspecified atom stereocenters. The molecule has 3 rings (SSSR count). The minimum Gasteiger partial charge on any atom is -0.339 e. The van der Waals surface area contributed by atoms with Crippen LogP contribution in [0.5, 0.6) is 0 Å². The van der Waals surface area contributed by atoms with Gasteiger partial charge in [-0.15, -0.1) is 0 Å². The molecule has 3 fully saturated rings. The Hall–Kier alpha value is -0.610. The summed E-state index contributed by atoms with van der Waals surface area (Å²) in [5.74, 6) is 1.35. The molecule has 0 aromatic carbocycles. The zero-order valence-corrected chi connectivity index (χ0v) is 13.5. The second-order valence-electron chi connectivity index (χ2n) is 7.05. The maximum atomic E-state index is 12.8. The van der Waals surface area contributed by atoms with Crippen molar-refractivity contribution in [2.45, 2.75) is 64.0 Å². The quantitative estimate of drug-likeness (QED) is 0.862. The molecule has 2 heterocycles. The molecular weight excluding hydrogens is 262 g/mol. The first-order valence-corrected chi connectivity index (χ1v) is 9.05. The number of carbonyl (C=O) groups is 1. The van der Waals surface area contributed by atoms with Crippen LogP contribution in [0.3, 0.4) is 0 Å². The third kappa shape index (κ3) is 3.42. The molecule has 0 radical (unpaired) electrons. The van der Waals surface area contributed by atoms with E-state index in [4.69, 9.17) is 0 Å². The standard InChI is InChI=1S/C17H31N3O/c1-2-14-5-7-15(8-6-14)20-11-3-4-16(20)17(21)19-12-9-18-10-13-19/h14-16,18H,2-13H2,1H3. The minimum absolute atomic E-state index is 0.186. The summed E-state index contributed by atoms with van der Waals surface area (Å²) >= 11 is 0. The minimum atomic E-state index is 0.186. The fourth-order valence-electron chi connectivity index (χ4n) is 4.47. The summed E-state index contributed by atoms with van der Waals surface area (Å²) in [5.41, 5.74) is 0. The molecule has 0 aromatic rings. The van der Waals surface area contributed by atoms with Gasteiger partial charge in [0.2, 0.25) is 5.91 Å². The van der Waals surface area contributed by atoms with Gasteiger partial charge in [0.1, 0.15) is 0 Å². The number of hydrogen-bond donors (Lipinski definition) is 1. The normalized spacial score (nSPS) is 35.1. The molecule has 0 spiro atoms.